The lowest BCUT2D eigenvalue weighted by atomic mass is 10.1. The van der Waals surface area contributed by atoms with Gasteiger partial charge in [-0.15, -0.1) is 0 Å². The highest BCUT2D eigenvalue weighted by molar-refractivity contribution is 7.90. The fourth-order valence-electron chi connectivity index (χ4n) is 2.34. The van der Waals surface area contributed by atoms with Crippen molar-refractivity contribution in [3.8, 4) is 0 Å². The number of aromatic nitrogens is 1. The molecule has 0 aliphatic heterocycles. The first-order chi connectivity index (χ1) is 10.5. The van der Waals surface area contributed by atoms with Crippen LogP contribution in [-0.4, -0.2) is 25.6 Å². The molecule has 112 valence electrons. The molecule has 0 saturated heterocycles. The second kappa shape index (κ2) is 5.31. The number of hydrogen-bond donors (Lipinski definition) is 2. The number of H-pyrrole nitrogens is 1. The van der Waals surface area contributed by atoms with Crippen molar-refractivity contribution in [2.45, 2.75) is 4.90 Å². The highest BCUT2D eigenvalue weighted by atomic mass is 32.2. The maximum atomic E-state index is 12.4. The maximum Gasteiger partial charge on any atom is 0.257 e. The van der Waals surface area contributed by atoms with Crippen molar-refractivity contribution in [2.75, 3.05) is 11.6 Å². The maximum absolute atomic E-state index is 12.4. The van der Waals surface area contributed by atoms with Crippen molar-refractivity contribution in [3.05, 3.63) is 60.3 Å². The highest BCUT2D eigenvalue weighted by Crippen LogP contribution is 2.23. The molecule has 0 atom stereocenters. The average molecular weight is 314 g/mol. The lowest BCUT2D eigenvalue weighted by Gasteiger charge is -2.09. The molecule has 1 aromatic heterocycles. The third-order valence-corrected chi connectivity index (χ3v) is 4.52. The molecular formula is C16H14N2O3S. The first-order valence-corrected chi connectivity index (χ1v) is 8.52. The molecular weight excluding hydrogens is 300 g/mol. The molecule has 2 N–H and O–H groups in total. The third-order valence-electron chi connectivity index (χ3n) is 3.37. The molecule has 0 spiro atoms. The van der Waals surface area contributed by atoms with E-state index in [9.17, 15) is 13.2 Å². The number of amides is 1. The van der Waals surface area contributed by atoms with Gasteiger partial charge in [-0.3, -0.25) is 4.79 Å². The minimum atomic E-state index is -3.41. The fourth-order valence-corrected chi connectivity index (χ4v) is 3.19. The number of para-hydroxylation sites is 2. The van der Waals surface area contributed by atoms with E-state index >= 15 is 0 Å². The smallest absolute Gasteiger partial charge is 0.257 e. The zero-order chi connectivity index (χ0) is 15.7. The van der Waals surface area contributed by atoms with Crippen LogP contribution in [0, 0.1) is 0 Å². The summed E-state index contributed by atoms with van der Waals surface area (Å²) in [6.07, 6.45) is 2.73. The van der Waals surface area contributed by atoms with E-state index < -0.39 is 9.84 Å². The summed E-state index contributed by atoms with van der Waals surface area (Å²) in [6, 6.07) is 13.8. The summed E-state index contributed by atoms with van der Waals surface area (Å²) in [5.74, 6) is -0.353. The molecule has 5 nitrogen and oxygen atoms in total. The van der Waals surface area contributed by atoms with Crippen molar-refractivity contribution in [3.63, 3.8) is 0 Å². The largest absolute Gasteiger partial charge is 0.360 e. The van der Waals surface area contributed by atoms with Crippen molar-refractivity contribution in [1.82, 2.24) is 4.98 Å². The molecule has 1 heterocycles. The number of carbonyl (C=O) groups is 1. The number of carbonyl (C=O) groups excluding carboxylic acids is 1. The Morgan fingerprint density at radius 1 is 1.05 bits per heavy atom. The van der Waals surface area contributed by atoms with Crippen LogP contribution in [0.5, 0.6) is 0 Å². The van der Waals surface area contributed by atoms with E-state index in [1.54, 1.807) is 24.4 Å². The number of sulfone groups is 1. The minimum absolute atomic E-state index is 0.100. The number of hydrogen-bond acceptors (Lipinski definition) is 3. The number of nitrogens with one attached hydrogen (secondary N) is 2. The molecule has 0 aliphatic rings. The molecule has 0 unspecified atom stereocenters. The van der Waals surface area contributed by atoms with Crippen LogP contribution in [0.1, 0.15) is 10.4 Å². The predicted octanol–water partition coefficient (Wildman–Crippen LogP) is 2.82. The van der Waals surface area contributed by atoms with Gasteiger partial charge in [0.05, 0.1) is 16.1 Å². The lowest BCUT2D eigenvalue weighted by molar-refractivity contribution is 0.102. The van der Waals surface area contributed by atoms with Gasteiger partial charge in [-0.2, -0.15) is 0 Å². The van der Waals surface area contributed by atoms with Crippen LogP contribution in [0.3, 0.4) is 0 Å². The van der Waals surface area contributed by atoms with E-state index in [-0.39, 0.29) is 16.5 Å². The van der Waals surface area contributed by atoms with Crippen molar-refractivity contribution in [2.24, 2.45) is 0 Å². The normalized spacial score (nSPS) is 11.5. The number of benzene rings is 2. The van der Waals surface area contributed by atoms with E-state index in [2.05, 4.69) is 10.3 Å². The standard InChI is InChI=1S/C16H14N2O3S/c1-22(20,21)15-9-5-4-8-14(15)18-16(19)12-10-17-13-7-3-2-6-11(12)13/h2-10,17H,1H3,(H,18,19). The molecule has 0 bridgehead atoms. The second-order valence-corrected chi connectivity index (χ2v) is 6.95. The summed E-state index contributed by atoms with van der Waals surface area (Å²) in [4.78, 5) is 15.6. The number of rotatable bonds is 3. The molecule has 6 heteroatoms. The average Bonchev–Trinajstić information content (AvgIpc) is 2.90. The summed E-state index contributed by atoms with van der Waals surface area (Å²) < 4.78 is 23.6. The second-order valence-electron chi connectivity index (χ2n) is 4.97. The monoisotopic (exact) mass is 314 g/mol. The SMILES string of the molecule is CS(=O)(=O)c1ccccc1NC(=O)c1c[nH]c2ccccc12. The van der Waals surface area contributed by atoms with Crippen LogP contribution in [0.2, 0.25) is 0 Å². The molecule has 22 heavy (non-hydrogen) atoms. The molecule has 2 aromatic carbocycles. The van der Waals surface area contributed by atoms with Crippen LogP contribution in [-0.2, 0) is 9.84 Å². The first kappa shape index (κ1) is 14.3. The van der Waals surface area contributed by atoms with Crippen LogP contribution in [0.4, 0.5) is 5.69 Å². The molecule has 3 aromatic rings. The van der Waals surface area contributed by atoms with Gasteiger partial charge >= 0.3 is 0 Å². The van der Waals surface area contributed by atoms with Crippen molar-refractivity contribution in [1.29, 1.82) is 0 Å². The highest BCUT2D eigenvalue weighted by Gasteiger charge is 2.17. The van der Waals surface area contributed by atoms with Crippen LogP contribution >= 0.6 is 0 Å². The molecule has 1 amide bonds. The van der Waals surface area contributed by atoms with Gasteiger partial charge < -0.3 is 10.3 Å². The molecule has 0 aliphatic carbocycles. The fraction of sp³-hybridized carbons (Fsp3) is 0.0625. The zero-order valence-electron chi connectivity index (χ0n) is 11.8. The van der Waals surface area contributed by atoms with E-state index in [0.717, 1.165) is 17.2 Å². The van der Waals surface area contributed by atoms with Gasteiger partial charge in [-0.1, -0.05) is 30.3 Å². The third kappa shape index (κ3) is 2.60. The first-order valence-electron chi connectivity index (χ1n) is 6.63. The van der Waals surface area contributed by atoms with E-state index in [0.29, 0.717) is 5.56 Å². The minimum Gasteiger partial charge on any atom is -0.360 e. The van der Waals surface area contributed by atoms with Gasteiger partial charge in [0.25, 0.3) is 5.91 Å². The Morgan fingerprint density at radius 3 is 2.50 bits per heavy atom. The van der Waals surface area contributed by atoms with Gasteiger partial charge in [0.2, 0.25) is 0 Å². The van der Waals surface area contributed by atoms with Gasteiger partial charge in [-0.25, -0.2) is 8.42 Å². The Labute approximate surface area is 127 Å². The van der Waals surface area contributed by atoms with E-state index in [1.807, 2.05) is 24.3 Å². The van der Waals surface area contributed by atoms with Gasteiger partial charge in [-0.05, 0) is 18.2 Å². The Hall–Kier alpha value is -2.60. The van der Waals surface area contributed by atoms with E-state index in [1.165, 1.54) is 6.07 Å². The Bertz CT molecular complexity index is 958. The van der Waals surface area contributed by atoms with Crippen LogP contribution in [0.15, 0.2) is 59.6 Å². The Kier molecular flexibility index (Phi) is 3.46. The summed E-state index contributed by atoms with van der Waals surface area (Å²) in [7, 11) is -3.41. The Balaban J connectivity index is 1.99. The zero-order valence-corrected chi connectivity index (χ0v) is 12.6. The summed E-state index contributed by atoms with van der Waals surface area (Å²) in [5, 5.41) is 3.46. The Morgan fingerprint density at radius 2 is 1.73 bits per heavy atom. The number of anilines is 1. The molecule has 0 fully saturated rings. The quantitative estimate of drug-likeness (QED) is 0.780. The van der Waals surface area contributed by atoms with Gasteiger partial charge in [0, 0.05) is 23.4 Å². The number of fused-ring (bicyclic) bond motifs is 1. The van der Waals surface area contributed by atoms with Gasteiger partial charge in [0.15, 0.2) is 9.84 Å². The van der Waals surface area contributed by atoms with Crippen LogP contribution in [0.25, 0.3) is 10.9 Å². The predicted molar refractivity (Wildman–Crippen MR) is 85.8 cm³/mol. The summed E-state index contributed by atoms with van der Waals surface area (Å²) in [6.45, 7) is 0. The summed E-state index contributed by atoms with van der Waals surface area (Å²) in [5.41, 5.74) is 1.60. The molecule has 3 rings (SSSR count). The van der Waals surface area contributed by atoms with E-state index in [4.69, 9.17) is 0 Å². The number of aromatic amines is 1. The van der Waals surface area contributed by atoms with Crippen molar-refractivity contribution < 1.29 is 13.2 Å². The topological polar surface area (TPSA) is 79.0 Å². The molecule has 0 radical (unpaired) electrons. The molecule has 0 saturated carbocycles. The van der Waals surface area contributed by atoms with Crippen molar-refractivity contribution >= 4 is 32.3 Å². The summed E-state index contributed by atoms with van der Waals surface area (Å²) >= 11 is 0. The van der Waals surface area contributed by atoms with Gasteiger partial charge in [0.1, 0.15) is 0 Å². The van der Waals surface area contributed by atoms with Crippen LogP contribution < -0.4 is 5.32 Å². The lowest BCUT2D eigenvalue weighted by Crippen LogP contribution is -2.14.